The third-order valence-corrected chi connectivity index (χ3v) is 6.72. The summed E-state index contributed by atoms with van der Waals surface area (Å²) in [5.41, 5.74) is 2.68. The number of carbonyl (C=O) groups is 1. The molecular formula is C19H28BrNO2. The number of hydrogen-bond donors (Lipinski definition) is 1. The summed E-state index contributed by atoms with van der Waals surface area (Å²) in [4.78, 5) is 11.5. The van der Waals surface area contributed by atoms with E-state index in [-0.39, 0.29) is 23.0 Å². The van der Waals surface area contributed by atoms with Crippen molar-refractivity contribution in [2.45, 2.75) is 52.6 Å². The number of fused-ring (bicyclic) bond motifs is 2. The normalized spacial score (nSPS) is 30.8. The molecule has 0 spiro atoms. The molecule has 0 heterocycles. The van der Waals surface area contributed by atoms with Gasteiger partial charge in [0.1, 0.15) is 0 Å². The van der Waals surface area contributed by atoms with E-state index in [0.717, 1.165) is 12.5 Å². The van der Waals surface area contributed by atoms with Crippen LogP contribution >= 0.6 is 17.0 Å². The summed E-state index contributed by atoms with van der Waals surface area (Å²) in [6.07, 6.45) is 4.02. The molecule has 0 aliphatic heterocycles. The molecule has 3 rings (SSSR count). The fraction of sp³-hybridized carbons (Fsp3) is 0.632. The zero-order chi connectivity index (χ0) is 16.0. The van der Waals surface area contributed by atoms with Gasteiger partial charge in [0.05, 0.1) is 12.7 Å². The lowest BCUT2D eigenvalue weighted by Gasteiger charge is -2.39. The van der Waals surface area contributed by atoms with Crippen molar-refractivity contribution >= 4 is 23.0 Å². The summed E-state index contributed by atoms with van der Waals surface area (Å²) in [7, 11) is 1.41. The summed E-state index contributed by atoms with van der Waals surface area (Å²) >= 11 is 0. The van der Waals surface area contributed by atoms with Gasteiger partial charge in [-0.1, -0.05) is 32.9 Å². The number of nitrogens with one attached hydrogen (secondary N) is 1. The van der Waals surface area contributed by atoms with Crippen molar-refractivity contribution in [3.05, 3.63) is 35.4 Å². The molecule has 3 nitrogen and oxygen atoms in total. The first kappa shape index (κ1) is 18.5. The highest BCUT2D eigenvalue weighted by molar-refractivity contribution is 8.93. The average molecular weight is 382 g/mol. The van der Waals surface area contributed by atoms with E-state index in [0.29, 0.717) is 22.4 Å². The second-order valence-electron chi connectivity index (χ2n) is 7.73. The lowest BCUT2D eigenvalue weighted by molar-refractivity contribution is 0.0600. The van der Waals surface area contributed by atoms with Crippen LogP contribution < -0.4 is 5.32 Å². The lowest BCUT2D eigenvalue weighted by atomic mass is 9.69. The second-order valence-corrected chi connectivity index (χ2v) is 7.73. The van der Waals surface area contributed by atoms with Crippen LogP contribution in [0.1, 0.15) is 56.0 Å². The number of carbonyl (C=O) groups excluding carboxylic acids is 1. The predicted molar refractivity (Wildman–Crippen MR) is 98.0 cm³/mol. The summed E-state index contributed by atoms with van der Waals surface area (Å²) in [6, 6.07) is 8.31. The quantitative estimate of drug-likeness (QED) is 0.787. The Hall–Kier alpha value is -0.870. The number of esters is 1. The van der Waals surface area contributed by atoms with Gasteiger partial charge in [-0.2, -0.15) is 0 Å². The van der Waals surface area contributed by atoms with Crippen molar-refractivity contribution in [1.29, 1.82) is 0 Å². The van der Waals surface area contributed by atoms with Gasteiger partial charge in [0.2, 0.25) is 0 Å². The molecule has 23 heavy (non-hydrogen) atoms. The van der Waals surface area contributed by atoms with Crippen LogP contribution in [-0.4, -0.2) is 19.1 Å². The van der Waals surface area contributed by atoms with Gasteiger partial charge in [-0.3, -0.25) is 0 Å². The fourth-order valence-corrected chi connectivity index (χ4v) is 4.63. The van der Waals surface area contributed by atoms with Gasteiger partial charge in [-0.15, -0.1) is 17.0 Å². The largest absolute Gasteiger partial charge is 0.465 e. The van der Waals surface area contributed by atoms with E-state index >= 15 is 0 Å². The third kappa shape index (κ3) is 2.96. The van der Waals surface area contributed by atoms with Crippen LogP contribution in [0, 0.1) is 16.7 Å². The Labute approximate surface area is 150 Å². The second kappa shape index (κ2) is 6.56. The Morgan fingerprint density at radius 1 is 1.26 bits per heavy atom. The first-order chi connectivity index (χ1) is 10.4. The van der Waals surface area contributed by atoms with Gasteiger partial charge < -0.3 is 10.1 Å². The van der Waals surface area contributed by atoms with Gasteiger partial charge >= 0.3 is 5.97 Å². The Balaban J connectivity index is 0.00000192. The van der Waals surface area contributed by atoms with Gasteiger partial charge in [-0.25, -0.2) is 4.79 Å². The van der Waals surface area contributed by atoms with Gasteiger partial charge in [0, 0.05) is 12.6 Å². The zero-order valence-electron chi connectivity index (χ0n) is 14.5. The molecule has 3 atom stereocenters. The van der Waals surface area contributed by atoms with Gasteiger partial charge in [-0.05, 0) is 53.7 Å². The number of rotatable bonds is 4. The molecular weight excluding hydrogens is 354 g/mol. The van der Waals surface area contributed by atoms with Crippen molar-refractivity contribution in [1.82, 2.24) is 5.32 Å². The average Bonchev–Trinajstić information content (AvgIpc) is 2.85. The van der Waals surface area contributed by atoms with Crippen LogP contribution in [-0.2, 0) is 11.3 Å². The van der Waals surface area contributed by atoms with Crippen molar-refractivity contribution < 1.29 is 9.53 Å². The van der Waals surface area contributed by atoms with Crippen LogP contribution in [0.3, 0.4) is 0 Å². The SMILES string of the molecule is Br.COC(=O)c1ccc(CNC2CC3CCC2(C)C3(C)C)cc1. The maximum atomic E-state index is 11.5. The lowest BCUT2D eigenvalue weighted by Crippen LogP contribution is -2.44. The third-order valence-electron chi connectivity index (χ3n) is 6.72. The molecule has 1 aromatic rings. The van der Waals surface area contributed by atoms with E-state index in [1.165, 1.54) is 31.9 Å². The number of halogens is 1. The highest BCUT2D eigenvalue weighted by Crippen LogP contribution is 2.65. The van der Waals surface area contributed by atoms with Crippen LogP contribution in [0.15, 0.2) is 24.3 Å². The highest BCUT2D eigenvalue weighted by atomic mass is 79.9. The van der Waals surface area contributed by atoms with E-state index in [9.17, 15) is 4.79 Å². The smallest absolute Gasteiger partial charge is 0.337 e. The summed E-state index contributed by atoms with van der Waals surface area (Å²) < 4.78 is 4.73. The number of benzene rings is 1. The Morgan fingerprint density at radius 3 is 2.39 bits per heavy atom. The Bertz CT molecular complexity index is 569. The minimum absolute atomic E-state index is 0. The topological polar surface area (TPSA) is 38.3 Å². The minimum atomic E-state index is -0.276. The van der Waals surface area contributed by atoms with Crippen molar-refractivity contribution in [3.8, 4) is 0 Å². The summed E-state index contributed by atoms with van der Waals surface area (Å²) in [5, 5.41) is 3.77. The fourth-order valence-electron chi connectivity index (χ4n) is 4.63. The van der Waals surface area contributed by atoms with E-state index < -0.39 is 0 Å². The number of ether oxygens (including phenoxy) is 1. The molecule has 2 bridgehead atoms. The molecule has 2 aliphatic rings. The zero-order valence-corrected chi connectivity index (χ0v) is 16.2. The van der Waals surface area contributed by atoms with E-state index in [4.69, 9.17) is 4.74 Å². The molecule has 2 saturated carbocycles. The van der Waals surface area contributed by atoms with Crippen LogP contribution in [0.2, 0.25) is 0 Å². The predicted octanol–water partition coefficient (Wildman–Crippen LogP) is 4.36. The Kier molecular flexibility index (Phi) is 5.27. The molecule has 3 unspecified atom stereocenters. The van der Waals surface area contributed by atoms with E-state index in [1.54, 1.807) is 0 Å². The standard InChI is InChI=1S/C19H27NO2.BrH/c1-18(2)15-9-10-19(18,3)16(11-15)20-12-13-5-7-14(8-6-13)17(21)22-4;/h5-8,15-16,20H,9-12H2,1-4H3;1H. The van der Waals surface area contributed by atoms with Gasteiger partial charge in [0.15, 0.2) is 0 Å². The minimum Gasteiger partial charge on any atom is -0.465 e. The maximum absolute atomic E-state index is 11.5. The van der Waals surface area contributed by atoms with E-state index in [1.807, 2.05) is 24.3 Å². The molecule has 128 valence electrons. The molecule has 2 fully saturated rings. The summed E-state index contributed by atoms with van der Waals surface area (Å²) in [5.74, 6) is 0.582. The molecule has 1 N–H and O–H groups in total. The summed E-state index contributed by atoms with van der Waals surface area (Å²) in [6.45, 7) is 8.21. The first-order valence-corrected chi connectivity index (χ1v) is 8.29. The van der Waals surface area contributed by atoms with Crippen LogP contribution in [0.5, 0.6) is 0 Å². The highest BCUT2D eigenvalue weighted by Gasteiger charge is 2.60. The molecule has 0 radical (unpaired) electrons. The van der Waals surface area contributed by atoms with Gasteiger partial charge in [0.25, 0.3) is 0 Å². The van der Waals surface area contributed by atoms with E-state index in [2.05, 4.69) is 26.1 Å². The van der Waals surface area contributed by atoms with Crippen LogP contribution in [0.4, 0.5) is 0 Å². The molecule has 0 saturated heterocycles. The van der Waals surface area contributed by atoms with Crippen molar-refractivity contribution in [2.75, 3.05) is 7.11 Å². The van der Waals surface area contributed by atoms with Crippen molar-refractivity contribution in [3.63, 3.8) is 0 Å². The number of methoxy groups -OCH3 is 1. The maximum Gasteiger partial charge on any atom is 0.337 e. The Morgan fingerprint density at radius 2 is 1.91 bits per heavy atom. The monoisotopic (exact) mass is 381 g/mol. The van der Waals surface area contributed by atoms with Crippen molar-refractivity contribution in [2.24, 2.45) is 16.7 Å². The first-order valence-electron chi connectivity index (χ1n) is 8.29. The molecule has 0 aromatic heterocycles. The molecule has 2 aliphatic carbocycles. The molecule has 1 aromatic carbocycles. The van der Waals surface area contributed by atoms with Crippen LogP contribution in [0.25, 0.3) is 0 Å². The number of hydrogen-bond acceptors (Lipinski definition) is 3. The molecule has 0 amide bonds. The molecule has 4 heteroatoms.